The van der Waals surface area contributed by atoms with E-state index in [0.717, 1.165) is 41.0 Å². The van der Waals surface area contributed by atoms with E-state index in [1.54, 1.807) is 29.3 Å². The van der Waals surface area contributed by atoms with Crippen LogP contribution in [0.15, 0.2) is 60.9 Å². The lowest BCUT2D eigenvalue weighted by atomic mass is 9.98. The van der Waals surface area contributed by atoms with Crippen LogP contribution in [0.1, 0.15) is 82.2 Å². The van der Waals surface area contributed by atoms with E-state index in [-0.39, 0.29) is 52.8 Å². The Morgan fingerprint density at radius 2 is 1.68 bits per heavy atom. The number of ether oxygens (including phenoxy) is 1. The molecule has 312 valence electrons. The third kappa shape index (κ3) is 8.67. The van der Waals surface area contributed by atoms with Gasteiger partial charge in [-0.05, 0) is 90.5 Å². The number of methoxy groups -OCH3 is 1. The van der Waals surface area contributed by atoms with Crippen LogP contribution in [0.25, 0.3) is 22.4 Å². The summed E-state index contributed by atoms with van der Waals surface area (Å²) in [4.78, 5) is 70.4. The predicted octanol–water partition coefficient (Wildman–Crippen LogP) is 7.21. The third-order valence-electron chi connectivity index (χ3n) is 12.2. The van der Waals surface area contributed by atoms with Crippen LogP contribution in [-0.4, -0.2) is 93.9 Å². The monoisotopic (exact) mass is 806 g/mol. The van der Waals surface area contributed by atoms with E-state index in [9.17, 15) is 19.2 Å². The topological polar surface area (TPSA) is 153 Å². The Kier molecular flexibility index (Phi) is 11.5. The van der Waals surface area contributed by atoms with Gasteiger partial charge in [0, 0.05) is 44.3 Å². The van der Waals surface area contributed by atoms with E-state index >= 15 is 4.39 Å². The number of aryl methyl sites for hydroxylation is 1. The van der Waals surface area contributed by atoms with Crippen LogP contribution in [-0.2, 0) is 14.3 Å². The summed E-state index contributed by atoms with van der Waals surface area (Å²) in [6.45, 7) is 16.5. The highest BCUT2D eigenvalue weighted by atomic mass is 19.1. The van der Waals surface area contributed by atoms with Crippen LogP contribution in [0.2, 0.25) is 0 Å². The third-order valence-corrected chi connectivity index (χ3v) is 12.2. The predicted molar refractivity (Wildman–Crippen MR) is 224 cm³/mol. The first-order valence-electron chi connectivity index (χ1n) is 20.5. The molecule has 0 spiro atoms. The van der Waals surface area contributed by atoms with Crippen molar-refractivity contribution in [1.29, 1.82) is 0 Å². The largest absolute Gasteiger partial charge is 0.453 e. The molecule has 4 amide bonds. The van der Waals surface area contributed by atoms with Crippen molar-refractivity contribution in [3.63, 3.8) is 0 Å². The number of hydrogen-bond acceptors (Lipinski definition) is 8. The summed E-state index contributed by atoms with van der Waals surface area (Å²) in [6, 6.07) is 13.3. The second kappa shape index (κ2) is 16.5. The standard InChI is InChI=1S/C45H55FN8O5/c1-25(2)39(51-44(58)59-8)43(57)54-23-26(3)17-37(54)40-48-22-36(49-40)30-11-9-29(10-12-30)32-19-34(46)35(18-27(32)4)50-41(55)31-13-14-38(47-21-31)53-16-15-52(24-28(53)5)42(56)33-20-45(33,6)7/h9-14,18-19,21-22,25-26,28,33,37,39H,15-17,20,23-24H2,1-8H3,(H,48,49)(H,50,55)(H,51,58)/t26-,28+,33+,37-,39-/m0/s1. The molecule has 2 saturated heterocycles. The zero-order chi connectivity index (χ0) is 42.3. The molecule has 0 radical (unpaired) electrons. The van der Waals surface area contributed by atoms with Gasteiger partial charge in [0.1, 0.15) is 23.5 Å². The molecule has 5 atom stereocenters. The van der Waals surface area contributed by atoms with E-state index in [1.165, 1.54) is 19.4 Å². The summed E-state index contributed by atoms with van der Waals surface area (Å²) >= 11 is 0. The number of alkyl carbamates (subject to hydrolysis) is 1. The molecule has 13 nitrogen and oxygen atoms in total. The summed E-state index contributed by atoms with van der Waals surface area (Å²) in [6.07, 6.45) is 4.27. The molecule has 3 N–H and O–H groups in total. The summed E-state index contributed by atoms with van der Waals surface area (Å²) in [5.41, 5.74) is 4.40. The van der Waals surface area contributed by atoms with Gasteiger partial charge in [0.2, 0.25) is 11.8 Å². The van der Waals surface area contributed by atoms with E-state index in [4.69, 9.17) is 4.74 Å². The quantitative estimate of drug-likeness (QED) is 0.152. The van der Waals surface area contributed by atoms with Crippen LogP contribution < -0.4 is 15.5 Å². The maximum atomic E-state index is 15.6. The van der Waals surface area contributed by atoms with Crippen molar-refractivity contribution >= 4 is 35.3 Å². The number of nitrogens with zero attached hydrogens (tertiary/aromatic N) is 5. The first kappa shape index (κ1) is 41.4. The minimum atomic E-state index is -0.729. The number of likely N-dealkylation sites (tertiary alicyclic amines) is 1. The smallest absolute Gasteiger partial charge is 0.407 e. The summed E-state index contributed by atoms with van der Waals surface area (Å²) < 4.78 is 20.3. The second-order valence-corrected chi connectivity index (χ2v) is 17.5. The zero-order valence-electron chi connectivity index (χ0n) is 35.1. The van der Waals surface area contributed by atoms with Crippen molar-refractivity contribution in [2.24, 2.45) is 23.2 Å². The Labute approximate surface area is 345 Å². The van der Waals surface area contributed by atoms with Crippen molar-refractivity contribution in [2.45, 2.75) is 79.4 Å². The molecular weight excluding hydrogens is 752 g/mol. The lowest BCUT2D eigenvalue weighted by molar-refractivity contribution is -0.136. The normalized spacial score (nSPS) is 21.6. The van der Waals surface area contributed by atoms with Gasteiger partial charge in [0.15, 0.2) is 0 Å². The number of amides is 4. The van der Waals surface area contributed by atoms with Crippen molar-refractivity contribution in [3.8, 4) is 22.4 Å². The van der Waals surface area contributed by atoms with E-state index in [2.05, 4.69) is 58.2 Å². The van der Waals surface area contributed by atoms with Crippen molar-refractivity contribution < 1.29 is 28.3 Å². The molecule has 2 aromatic carbocycles. The van der Waals surface area contributed by atoms with E-state index in [1.807, 2.05) is 49.9 Å². The molecule has 2 aliphatic heterocycles. The summed E-state index contributed by atoms with van der Waals surface area (Å²) in [5, 5.41) is 5.40. The van der Waals surface area contributed by atoms with Crippen LogP contribution in [0, 0.1) is 35.9 Å². The maximum Gasteiger partial charge on any atom is 0.407 e. The molecule has 3 fully saturated rings. The highest BCUT2D eigenvalue weighted by Crippen LogP contribution is 2.52. The Morgan fingerprint density at radius 1 is 0.966 bits per heavy atom. The molecule has 2 aromatic heterocycles. The first-order chi connectivity index (χ1) is 28.0. The number of pyridine rings is 1. The fraction of sp³-hybridized carbons (Fsp3) is 0.467. The fourth-order valence-corrected chi connectivity index (χ4v) is 8.49. The minimum absolute atomic E-state index is 0.0738. The number of benzene rings is 2. The molecule has 59 heavy (non-hydrogen) atoms. The van der Waals surface area contributed by atoms with Crippen LogP contribution in [0.5, 0.6) is 0 Å². The first-order valence-corrected chi connectivity index (χ1v) is 20.5. The van der Waals surface area contributed by atoms with Gasteiger partial charge in [-0.15, -0.1) is 0 Å². The Morgan fingerprint density at radius 3 is 2.31 bits per heavy atom. The number of carbonyl (C=O) groups excluding carboxylic acids is 4. The Balaban J connectivity index is 0.979. The number of piperazine rings is 1. The molecule has 14 heteroatoms. The average molecular weight is 807 g/mol. The Hall–Kier alpha value is -5.79. The maximum absolute atomic E-state index is 15.6. The minimum Gasteiger partial charge on any atom is -0.453 e. The van der Waals surface area contributed by atoms with Crippen LogP contribution in [0.3, 0.4) is 0 Å². The zero-order valence-corrected chi connectivity index (χ0v) is 35.1. The van der Waals surface area contributed by atoms with Gasteiger partial charge in [0.05, 0.1) is 36.3 Å². The molecular formula is C45H55FN8O5. The number of anilines is 2. The van der Waals surface area contributed by atoms with Crippen molar-refractivity contribution in [3.05, 3.63) is 83.7 Å². The van der Waals surface area contributed by atoms with Gasteiger partial charge in [-0.25, -0.2) is 19.2 Å². The highest BCUT2D eigenvalue weighted by Gasteiger charge is 2.52. The van der Waals surface area contributed by atoms with Gasteiger partial charge in [0.25, 0.3) is 5.91 Å². The number of halogens is 1. The lowest BCUT2D eigenvalue weighted by Gasteiger charge is -2.40. The number of hydrogen-bond donors (Lipinski definition) is 3. The number of aromatic amines is 1. The molecule has 7 rings (SSSR count). The Bertz CT molecular complexity index is 2220. The molecule has 4 aromatic rings. The van der Waals surface area contributed by atoms with Gasteiger partial charge >= 0.3 is 6.09 Å². The van der Waals surface area contributed by atoms with Crippen molar-refractivity contribution in [2.75, 3.05) is 43.5 Å². The number of rotatable bonds is 10. The molecule has 0 unspecified atom stereocenters. The summed E-state index contributed by atoms with van der Waals surface area (Å²) in [5.74, 6) is 0.647. The highest BCUT2D eigenvalue weighted by molar-refractivity contribution is 6.04. The average Bonchev–Trinajstić information content (AvgIpc) is 3.50. The number of nitrogens with one attached hydrogen (secondary N) is 3. The van der Waals surface area contributed by atoms with Crippen LogP contribution >= 0.6 is 0 Å². The number of H-pyrrole nitrogens is 1. The van der Waals surface area contributed by atoms with Crippen molar-refractivity contribution in [1.82, 2.24) is 30.1 Å². The molecule has 0 bridgehead atoms. The molecule has 4 heterocycles. The van der Waals surface area contributed by atoms with E-state index in [0.29, 0.717) is 43.1 Å². The number of aromatic nitrogens is 3. The van der Waals surface area contributed by atoms with Crippen LogP contribution in [0.4, 0.5) is 20.7 Å². The summed E-state index contributed by atoms with van der Waals surface area (Å²) in [7, 11) is 1.28. The van der Waals surface area contributed by atoms with Gasteiger partial charge in [-0.2, -0.15) is 0 Å². The molecule has 1 saturated carbocycles. The van der Waals surface area contributed by atoms with E-state index < -0.39 is 23.9 Å². The lowest BCUT2D eigenvalue weighted by Crippen LogP contribution is -2.54. The number of carbonyl (C=O) groups is 4. The second-order valence-electron chi connectivity index (χ2n) is 17.5. The SMILES string of the molecule is COC(=O)N[C@H](C(=O)N1C[C@@H](C)C[C@H]1c1ncc(-c2ccc(-c3cc(F)c(NC(=O)c4ccc(N5CCN(C(=O)[C@H]6CC6(C)C)C[C@H]5C)nc4)cc3C)cc2)[nH]1)C(C)C. The van der Waals surface area contributed by atoms with Gasteiger partial charge in [-0.1, -0.05) is 58.9 Å². The molecule has 3 aliphatic rings. The number of imidazole rings is 1. The fourth-order valence-electron chi connectivity index (χ4n) is 8.49. The molecule has 1 aliphatic carbocycles. The van der Waals surface area contributed by atoms with Gasteiger partial charge < -0.3 is 35.1 Å². The van der Waals surface area contributed by atoms with Gasteiger partial charge in [-0.3, -0.25) is 14.4 Å².